The molecule has 132 valence electrons. The van der Waals surface area contributed by atoms with Crippen molar-refractivity contribution in [2.24, 2.45) is 0 Å². The number of nitrogens with two attached hydrogens (primary N) is 1. The van der Waals surface area contributed by atoms with E-state index in [1.165, 1.54) is 0 Å². The van der Waals surface area contributed by atoms with Crippen LogP contribution in [0.25, 0.3) is 0 Å². The zero-order valence-electron chi connectivity index (χ0n) is 14.9. The summed E-state index contributed by atoms with van der Waals surface area (Å²) in [6.07, 6.45) is 0.920. The zero-order valence-corrected chi connectivity index (χ0v) is 14.9. The van der Waals surface area contributed by atoms with E-state index in [0.717, 1.165) is 35.6 Å². The minimum absolute atomic E-state index is 0.0315. The quantitative estimate of drug-likeness (QED) is 0.868. The number of hydrogen-bond donors (Lipinski definition) is 1. The molecule has 1 aliphatic heterocycles. The van der Waals surface area contributed by atoms with Gasteiger partial charge in [-0.2, -0.15) is 0 Å². The third kappa shape index (κ3) is 3.55. The van der Waals surface area contributed by atoms with E-state index >= 15 is 0 Å². The smallest absolute Gasteiger partial charge is 0.253 e. The lowest BCUT2D eigenvalue weighted by molar-refractivity contribution is 0.0791. The second-order valence-electron chi connectivity index (χ2n) is 6.45. The highest BCUT2D eigenvalue weighted by molar-refractivity contribution is 5.95. The first kappa shape index (κ1) is 17.1. The van der Waals surface area contributed by atoms with Crippen LogP contribution < -0.4 is 15.2 Å². The molecule has 0 spiro atoms. The van der Waals surface area contributed by atoms with Gasteiger partial charge in [-0.25, -0.2) is 0 Å². The topological polar surface area (TPSA) is 64.8 Å². The normalized spacial score (nSPS) is 16.8. The lowest BCUT2D eigenvalue weighted by atomic mass is 9.98. The SMILES string of the molecule is COc1cc(OC)cc(C2CCN(C(=O)c3ccc(C)c(N)c3)C2)c1. The zero-order chi connectivity index (χ0) is 18.0. The van der Waals surface area contributed by atoms with E-state index in [1.807, 2.05) is 42.2 Å². The van der Waals surface area contributed by atoms with E-state index < -0.39 is 0 Å². The van der Waals surface area contributed by atoms with E-state index in [4.69, 9.17) is 15.2 Å². The summed E-state index contributed by atoms with van der Waals surface area (Å²) in [4.78, 5) is 14.6. The summed E-state index contributed by atoms with van der Waals surface area (Å²) >= 11 is 0. The molecule has 1 aliphatic rings. The molecule has 0 aromatic heterocycles. The molecule has 1 amide bonds. The fourth-order valence-corrected chi connectivity index (χ4v) is 3.24. The molecule has 5 nitrogen and oxygen atoms in total. The molecule has 25 heavy (non-hydrogen) atoms. The molecule has 1 saturated heterocycles. The largest absolute Gasteiger partial charge is 0.497 e. The molecule has 0 bridgehead atoms. The van der Waals surface area contributed by atoms with Gasteiger partial charge in [0.1, 0.15) is 11.5 Å². The van der Waals surface area contributed by atoms with Crippen LogP contribution in [0.1, 0.15) is 33.8 Å². The molecule has 2 N–H and O–H groups in total. The summed E-state index contributed by atoms with van der Waals surface area (Å²) in [7, 11) is 3.29. The predicted octanol–water partition coefficient (Wildman–Crippen LogP) is 3.22. The molecule has 5 heteroatoms. The summed E-state index contributed by atoms with van der Waals surface area (Å²) in [5, 5.41) is 0. The molecule has 0 radical (unpaired) electrons. The monoisotopic (exact) mass is 340 g/mol. The Morgan fingerprint density at radius 1 is 1.12 bits per heavy atom. The van der Waals surface area contributed by atoms with Crippen LogP contribution in [0.4, 0.5) is 5.69 Å². The van der Waals surface area contributed by atoms with Gasteiger partial charge in [-0.05, 0) is 48.7 Å². The number of benzene rings is 2. The highest BCUT2D eigenvalue weighted by Crippen LogP contribution is 2.33. The molecular formula is C20H24N2O3. The van der Waals surface area contributed by atoms with Crippen LogP contribution in [0.5, 0.6) is 11.5 Å². The number of nitrogens with zero attached hydrogens (tertiary/aromatic N) is 1. The van der Waals surface area contributed by atoms with Crippen molar-refractivity contribution in [1.29, 1.82) is 0 Å². The third-order valence-electron chi connectivity index (χ3n) is 4.85. The molecule has 3 rings (SSSR count). The van der Waals surface area contributed by atoms with E-state index in [0.29, 0.717) is 17.8 Å². The number of nitrogen functional groups attached to an aromatic ring is 1. The average molecular weight is 340 g/mol. The Kier molecular flexibility index (Phi) is 4.83. The average Bonchev–Trinajstić information content (AvgIpc) is 3.13. The van der Waals surface area contributed by atoms with Gasteiger partial charge in [0.15, 0.2) is 0 Å². The van der Waals surface area contributed by atoms with Crippen molar-refractivity contribution >= 4 is 11.6 Å². The van der Waals surface area contributed by atoms with Gasteiger partial charge >= 0.3 is 0 Å². The maximum Gasteiger partial charge on any atom is 0.253 e. The summed E-state index contributed by atoms with van der Waals surface area (Å²) in [6, 6.07) is 11.4. The van der Waals surface area contributed by atoms with Gasteiger partial charge in [0, 0.05) is 36.3 Å². The van der Waals surface area contributed by atoms with E-state index in [2.05, 4.69) is 0 Å². The van der Waals surface area contributed by atoms with Crippen molar-refractivity contribution < 1.29 is 14.3 Å². The number of hydrogen-bond acceptors (Lipinski definition) is 4. The van der Waals surface area contributed by atoms with Gasteiger partial charge in [-0.1, -0.05) is 6.07 Å². The minimum Gasteiger partial charge on any atom is -0.497 e. The fraction of sp³-hybridized carbons (Fsp3) is 0.350. The number of carbonyl (C=O) groups is 1. The van der Waals surface area contributed by atoms with E-state index in [9.17, 15) is 4.79 Å². The van der Waals surface area contributed by atoms with E-state index in [-0.39, 0.29) is 11.8 Å². The second kappa shape index (κ2) is 7.05. The number of methoxy groups -OCH3 is 2. The number of aryl methyl sites for hydroxylation is 1. The fourth-order valence-electron chi connectivity index (χ4n) is 3.24. The standard InChI is InChI=1S/C20H24N2O3/c1-13-4-5-14(10-19(13)21)20(23)22-7-6-15(12-22)16-8-17(24-2)11-18(9-16)25-3/h4-5,8-11,15H,6-7,12,21H2,1-3H3. The molecule has 1 fully saturated rings. The van der Waals surface area contributed by atoms with Gasteiger partial charge in [0.25, 0.3) is 5.91 Å². The van der Waals surface area contributed by atoms with Crippen LogP contribution >= 0.6 is 0 Å². The van der Waals surface area contributed by atoms with Crippen molar-refractivity contribution in [2.75, 3.05) is 33.0 Å². The Balaban J connectivity index is 1.77. The van der Waals surface area contributed by atoms with Crippen molar-refractivity contribution in [3.05, 3.63) is 53.1 Å². The van der Waals surface area contributed by atoms with Crippen LogP contribution in [-0.4, -0.2) is 38.1 Å². The first-order chi connectivity index (χ1) is 12.0. The van der Waals surface area contributed by atoms with Crippen LogP contribution in [0.3, 0.4) is 0 Å². The summed E-state index contributed by atoms with van der Waals surface area (Å²) in [5.74, 6) is 1.84. The number of rotatable bonds is 4. The number of carbonyl (C=O) groups excluding carboxylic acids is 1. The number of amides is 1. The van der Waals surface area contributed by atoms with Gasteiger partial charge in [0.05, 0.1) is 14.2 Å². The Bertz CT molecular complexity index is 766. The molecule has 1 heterocycles. The first-order valence-corrected chi connectivity index (χ1v) is 8.40. The second-order valence-corrected chi connectivity index (χ2v) is 6.45. The minimum atomic E-state index is 0.0315. The van der Waals surface area contributed by atoms with Crippen molar-refractivity contribution in [2.45, 2.75) is 19.3 Å². The van der Waals surface area contributed by atoms with Crippen molar-refractivity contribution in [3.63, 3.8) is 0 Å². The number of ether oxygens (including phenoxy) is 2. The van der Waals surface area contributed by atoms with Crippen molar-refractivity contribution in [3.8, 4) is 11.5 Å². The molecule has 0 aliphatic carbocycles. The maximum atomic E-state index is 12.8. The lowest BCUT2D eigenvalue weighted by Crippen LogP contribution is -2.28. The van der Waals surface area contributed by atoms with Gasteiger partial charge in [0.2, 0.25) is 0 Å². The number of likely N-dealkylation sites (tertiary alicyclic amines) is 1. The number of anilines is 1. The van der Waals surface area contributed by atoms with Crippen LogP contribution in [0.2, 0.25) is 0 Å². The van der Waals surface area contributed by atoms with Crippen molar-refractivity contribution in [1.82, 2.24) is 4.90 Å². The Morgan fingerprint density at radius 2 is 1.80 bits per heavy atom. The van der Waals surface area contributed by atoms with Crippen LogP contribution in [-0.2, 0) is 0 Å². The van der Waals surface area contributed by atoms with Crippen LogP contribution in [0, 0.1) is 6.92 Å². The Hall–Kier alpha value is -2.69. The van der Waals surface area contributed by atoms with Gasteiger partial charge in [-0.3, -0.25) is 4.79 Å². The molecule has 0 saturated carbocycles. The van der Waals surface area contributed by atoms with E-state index in [1.54, 1.807) is 20.3 Å². The first-order valence-electron chi connectivity index (χ1n) is 8.40. The molecular weight excluding hydrogens is 316 g/mol. The molecule has 2 aromatic carbocycles. The Morgan fingerprint density at radius 3 is 2.40 bits per heavy atom. The summed E-state index contributed by atoms with van der Waals surface area (Å²) < 4.78 is 10.7. The molecule has 2 aromatic rings. The summed E-state index contributed by atoms with van der Waals surface area (Å²) in [6.45, 7) is 3.35. The summed E-state index contributed by atoms with van der Waals surface area (Å²) in [5.41, 5.74) is 9.36. The highest BCUT2D eigenvalue weighted by atomic mass is 16.5. The molecule has 1 unspecified atom stereocenters. The maximum absolute atomic E-state index is 12.8. The van der Waals surface area contributed by atoms with Gasteiger partial charge in [-0.15, -0.1) is 0 Å². The lowest BCUT2D eigenvalue weighted by Gasteiger charge is -2.18. The van der Waals surface area contributed by atoms with Gasteiger partial charge < -0.3 is 20.1 Å². The highest BCUT2D eigenvalue weighted by Gasteiger charge is 2.28. The Labute approximate surface area is 148 Å². The predicted molar refractivity (Wildman–Crippen MR) is 98.4 cm³/mol. The molecule has 1 atom stereocenters. The van der Waals surface area contributed by atoms with Crippen LogP contribution in [0.15, 0.2) is 36.4 Å². The third-order valence-corrected chi connectivity index (χ3v) is 4.85.